The molecular weight excluding hydrogens is 132 g/mol. The molecule has 0 N–H and O–H groups in total. The Morgan fingerprint density at radius 1 is 1.45 bits per heavy atom. The van der Waals surface area contributed by atoms with Gasteiger partial charge in [-0.2, -0.15) is 0 Å². The Hall–Kier alpha value is -0.520. The fourth-order valence-electron chi connectivity index (χ4n) is 1.42. The molecule has 0 spiro atoms. The number of unbranched alkanes of at least 4 members (excludes halogenated alkanes) is 1. The van der Waals surface area contributed by atoms with Crippen LogP contribution in [0.3, 0.4) is 0 Å². The van der Waals surface area contributed by atoms with Gasteiger partial charge in [0.05, 0.1) is 0 Å². The van der Waals surface area contributed by atoms with Crippen LogP contribution in [0.1, 0.15) is 32.6 Å². The Labute approximate surface area is 70.0 Å². The fraction of sp³-hybridized carbons (Fsp3) is 0.545. The van der Waals surface area contributed by atoms with E-state index in [1.165, 1.54) is 19.3 Å². The van der Waals surface area contributed by atoms with E-state index in [1.807, 2.05) is 0 Å². The summed E-state index contributed by atoms with van der Waals surface area (Å²) in [5, 5.41) is 0. The summed E-state index contributed by atoms with van der Waals surface area (Å²) < 4.78 is 0. The van der Waals surface area contributed by atoms with Crippen molar-refractivity contribution < 1.29 is 0 Å². The Balaban J connectivity index is 2.40. The van der Waals surface area contributed by atoms with E-state index in [-0.39, 0.29) is 5.41 Å². The fourth-order valence-corrected chi connectivity index (χ4v) is 1.42. The summed E-state index contributed by atoms with van der Waals surface area (Å²) in [6.45, 7) is 6.46. The van der Waals surface area contributed by atoms with Crippen LogP contribution in [0.2, 0.25) is 0 Å². The highest BCUT2D eigenvalue weighted by Crippen LogP contribution is 2.31. The first-order chi connectivity index (χ1) is 5.27. The molecule has 0 saturated carbocycles. The van der Waals surface area contributed by atoms with E-state index < -0.39 is 0 Å². The third-order valence-electron chi connectivity index (χ3n) is 2.25. The van der Waals surface area contributed by atoms with Crippen molar-refractivity contribution in [3.63, 3.8) is 0 Å². The molecule has 0 nitrogen and oxygen atoms in total. The minimum Gasteiger partial charge on any atom is -0.0837 e. The normalized spacial score (nSPS) is 29.3. The summed E-state index contributed by atoms with van der Waals surface area (Å²) in [4.78, 5) is 0. The van der Waals surface area contributed by atoms with Crippen LogP contribution < -0.4 is 0 Å². The lowest BCUT2D eigenvalue weighted by Gasteiger charge is -2.25. The molecule has 1 unspecified atom stereocenters. The predicted molar refractivity (Wildman–Crippen MR) is 50.2 cm³/mol. The van der Waals surface area contributed by atoms with Crippen molar-refractivity contribution in [3.05, 3.63) is 31.2 Å². The second kappa shape index (κ2) is 3.75. The zero-order valence-corrected chi connectivity index (χ0v) is 7.34. The third kappa shape index (κ3) is 2.53. The monoisotopic (exact) mass is 149 g/mol. The topological polar surface area (TPSA) is 0 Å². The summed E-state index contributed by atoms with van der Waals surface area (Å²) in [6, 6.07) is 0. The van der Waals surface area contributed by atoms with Crippen molar-refractivity contribution in [2.75, 3.05) is 0 Å². The molecule has 0 fully saturated rings. The quantitative estimate of drug-likeness (QED) is 0.576. The summed E-state index contributed by atoms with van der Waals surface area (Å²) in [5.74, 6) is 0. The molecule has 1 aliphatic rings. The minimum atomic E-state index is 0.213. The molecule has 0 bridgehead atoms. The van der Waals surface area contributed by atoms with Gasteiger partial charge in [0, 0.05) is 0 Å². The van der Waals surface area contributed by atoms with Gasteiger partial charge in [-0.15, -0.1) is 0 Å². The minimum absolute atomic E-state index is 0.213. The molecule has 0 amide bonds. The van der Waals surface area contributed by atoms with Gasteiger partial charge in [0.2, 0.25) is 0 Å². The first kappa shape index (κ1) is 8.58. The van der Waals surface area contributed by atoms with Gasteiger partial charge in [-0.05, 0) is 25.2 Å². The molecule has 61 valence electrons. The number of hydrogen-bond acceptors (Lipinski definition) is 0. The number of hydrogen-bond donors (Lipinski definition) is 0. The molecule has 1 rings (SSSR count). The zero-order valence-electron chi connectivity index (χ0n) is 7.34. The molecule has 0 aromatic heterocycles. The highest BCUT2D eigenvalue weighted by Gasteiger charge is 2.19. The summed E-state index contributed by atoms with van der Waals surface area (Å²) in [5.41, 5.74) is 0.213. The zero-order chi connectivity index (χ0) is 8.16. The molecule has 1 radical (unpaired) electrons. The highest BCUT2D eigenvalue weighted by molar-refractivity contribution is 5.17. The SMILES string of the molecule is [CH2]C1(CCCC)C=CC=CC1. The van der Waals surface area contributed by atoms with Crippen molar-refractivity contribution in [2.45, 2.75) is 32.6 Å². The first-order valence-corrected chi connectivity index (χ1v) is 4.46. The Bertz CT molecular complexity index is 165. The van der Waals surface area contributed by atoms with Crippen LogP contribution in [0.25, 0.3) is 0 Å². The van der Waals surface area contributed by atoms with Crippen LogP contribution in [0.4, 0.5) is 0 Å². The van der Waals surface area contributed by atoms with Gasteiger partial charge < -0.3 is 0 Å². The van der Waals surface area contributed by atoms with Crippen LogP contribution >= 0.6 is 0 Å². The van der Waals surface area contributed by atoms with Gasteiger partial charge in [0.1, 0.15) is 0 Å². The lowest BCUT2D eigenvalue weighted by atomic mass is 9.79. The summed E-state index contributed by atoms with van der Waals surface area (Å²) in [7, 11) is 0. The second-order valence-corrected chi connectivity index (χ2v) is 3.46. The molecule has 0 aromatic rings. The van der Waals surface area contributed by atoms with Gasteiger partial charge in [0.15, 0.2) is 0 Å². The van der Waals surface area contributed by atoms with Crippen molar-refractivity contribution >= 4 is 0 Å². The Morgan fingerprint density at radius 3 is 2.82 bits per heavy atom. The van der Waals surface area contributed by atoms with Crippen LogP contribution in [0.5, 0.6) is 0 Å². The molecule has 0 heterocycles. The van der Waals surface area contributed by atoms with Crippen LogP contribution in [0, 0.1) is 12.3 Å². The molecule has 0 saturated heterocycles. The van der Waals surface area contributed by atoms with E-state index in [0.717, 1.165) is 6.42 Å². The molecule has 1 aliphatic carbocycles. The van der Waals surface area contributed by atoms with E-state index in [9.17, 15) is 0 Å². The first-order valence-electron chi connectivity index (χ1n) is 4.46. The average Bonchev–Trinajstić information content (AvgIpc) is 2.03. The van der Waals surface area contributed by atoms with E-state index in [4.69, 9.17) is 0 Å². The lowest BCUT2D eigenvalue weighted by Crippen LogP contribution is -2.13. The van der Waals surface area contributed by atoms with E-state index >= 15 is 0 Å². The van der Waals surface area contributed by atoms with Gasteiger partial charge >= 0.3 is 0 Å². The average molecular weight is 149 g/mol. The second-order valence-electron chi connectivity index (χ2n) is 3.46. The van der Waals surface area contributed by atoms with Crippen LogP contribution in [0.15, 0.2) is 24.3 Å². The number of rotatable bonds is 3. The van der Waals surface area contributed by atoms with E-state index in [2.05, 4.69) is 38.2 Å². The molecular formula is C11H17. The van der Waals surface area contributed by atoms with E-state index in [0.29, 0.717) is 0 Å². The van der Waals surface area contributed by atoms with Crippen molar-refractivity contribution in [3.8, 4) is 0 Å². The van der Waals surface area contributed by atoms with Gasteiger partial charge in [-0.25, -0.2) is 0 Å². The molecule has 11 heavy (non-hydrogen) atoms. The van der Waals surface area contributed by atoms with Crippen LogP contribution in [-0.2, 0) is 0 Å². The summed E-state index contributed by atoms with van der Waals surface area (Å²) in [6.07, 6.45) is 13.6. The van der Waals surface area contributed by atoms with Crippen molar-refractivity contribution in [2.24, 2.45) is 5.41 Å². The molecule has 0 aliphatic heterocycles. The van der Waals surface area contributed by atoms with Crippen LogP contribution in [-0.4, -0.2) is 0 Å². The Morgan fingerprint density at radius 2 is 2.27 bits per heavy atom. The maximum absolute atomic E-state index is 4.23. The lowest BCUT2D eigenvalue weighted by molar-refractivity contribution is 0.428. The maximum Gasteiger partial charge on any atom is -0.00802 e. The largest absolute Gasteiger partial charge is 0.0837 e. The van der Waals surface area contributed by atoms with Crippen molar-refractivity contribution in [1.29, 1.82) is 0 Å². The molecule has 0 aromatic carbocycles. The summed E-state index contributed by atoms with van der Waals surface area (Å²) >= 11 is 0. The standard InChI is InChI=1S/C11H17/c1-3-4-8-11(2)9-6-5-7-10-11/h5-7,9H,2-4,8,10H2,1H3. The van der Waals surface area contributed by atoms with Gasteiger partial charge in [-0.3, -0.25) is 0 Å². The maximum atomic E-state index is 4.23. The number of allylic oxidation sites excluding steroid dienone is 4. The van der Waals surface area contributed by atoms with Crippen molar-refractivity contribution in [1.82, 2.24) is 0 Å². The highest BCUT2D eigenvalue weighted by atomic mass is 14.2. The third-order valence-corrected chi connectivity index (χ3v) is 2.25. The predicted octanol–water partition coefficient (Wildman–Crippen LogP) is 3.51. The Kier molecular flexibility index (Phi) is 2.92. The van der Waals surface area contributed by atoms with Gasteiger partial charge in [-0.1, -0.05) is 44.1 Å². The molecule has 0 heteroatoms. The molecule has 1 atom stereocenters. The van der Waals surface area contributed by atoms with Gasteiger partial charge in [0.25, 0.3) is 0 Å². The van der Waals surface area contributed by atoms with E-state index in [1.54, 1.807) is 0 Å². The smallest absolute Gasteiger partial charge is 0.00802 e.